The zero-order valence-electron chi connectivity index (χ0n) is 14.3. The number of rotatable bonds is 4. The number of benzene rings is 1. The fourth-order valence-corrected chi connectivity index (χ4v) is 3.64. The van der Waals surface area contributed by atoms with Crippen molar-refractivity contribution in [2.24, 2.45) is 0 Å². The van der Waals surface area contributed by atoms with Crippen LogP contribution in [0, 0.1) is 12.7 Å². The first kappa shape index (κ1) is 16.5. The summed E-state index contributed by atoms with van der Waals surface area (Å²) in [7, 11) is 1.73. The van der Waals surface area contributed by atoms with Crippen LogP contribution in [0.25, 0.3) is 16.2 Å². The second-order valence-electron chi connectivity index (χ2n) is 6.08. The molecule has 0 fully saturated rings. The predicted octanol–water partition coefficient (Wildman–Crippen LogP) is 4.38. The molecule has 26 heavy (non-hydrogen) atoms. The molecule has 4 rings (SSSR count). The summed E-state index contributed by atoms with van der Waals surface area (Å²) in [5.74, 6) is 1.10. The Morgan fingerprint density at radius 3 is 2.92 bits per heavy atom. The number of imidazole rings is 1. The first-order chi connectivity index (χ1) is 12.5. The predicted molar refractivity (Wildman–Crippen MR) is 97.7 cm³/mol. The van der Waals surface area contributed by atoms with Crippen LogP contribution >= 0.6 is 11.3 Å². The molecule has 3 heterocycles. The fourth-order valence-electron chi connectivity index (χ4n) is 2.80. The molecule has 5 nitrogen and oxygen atoms in total. The van der Waals surface area contributed by atoms with Gasteiger partial charge in [0, 0.05) is 24.2 Å². The molecule has 0 spiro atoms. The van der Waals surface area contributed by atoms with Crippen molar-refractivity contribution in [1.82, 2.24) is 14.3 Å². The molecule has 0 atom stereocenters. The van der Waals surface area contributed by atoms with E-state index in [1.165, 1.54) is 23.5 Å². The van der Waals surface area contributed by atoms with Gasteiger partial charge in [-0.15, -0.1) is 11.3 Å². The van der Waals surface area contributed by atoms with E-state index in [4.69, 9.17) is 4.42 Å². The number of halogens is 1. The molecule has 0 saturated carbocycles. The summed E-state index contributed by atoms with van der Waals surface area (Å²) in [5, 5.41) is 1.78. The van der Waals surface area contributed by atoms with Gasteiger partial charge in [0.05, 0.1) is 12.2 Å². The van der Waals surface area contributed by atoms with Crippen LogP contribution in [0.2, 0.25) is 0 Å². The molecular formula is C19H16FN3O2S. The summed E-state index contributed by atoms with van der Waals surface area (Å²) in [4.78, 5) is 19.6. The summed E-state index contributed by atoms with van der Waals surface area (Å²) < 4.78 is 20.7. The number of furan rings is 1. The van der Waals surface area contributed by atoms with Gasteiger partial charge in [-0.25, -0.2) is 9.37 Å². The molecule has 132 valence electrons. The summed E-state index contributed by atoms with van der Waals surface area (Å²) >= 11 is 1.38. The number of carbonyl (C=O) groups is 1. The normalized spacial score (nSPS) is 11.2. The highest BCUT2D eigenvalue weighted by molar-refractivity contribution is 7.15. The molecule has 4 aromatic rings. The minimum absolute atomic E-state index is 0.131. The molecule has 0 aliphatic rings. The minimum Gasteiger partial charge on any atom is -0.464 e. The first-order valence-corrected chi connectivity index (χ1v) is 8.92. The van der Waals surface area contributed by atoms with Crippen molar-refractivity contribution >= 4 is 22.2 Å². The highest BCUT2D eigenvalue weighted by Gasteiger charge is 2.19. The molecule has 0 N–H and O–H groups in total. The van der Waals surface area contributed by atoms with Gasteiger partial charge in [0.25, 0.3) is 5.91 Å². The molecule has 0 bridgehead atoms. The number of fused-ring (bicyclic) bond motifs is 1. The monoisotopic (exact) mass is 369 g/mol. The van der Waals surface area contributed by atoms with Crippen LogP contribution in [0.5, 0.6) is 0 Å². The van der Waals surface area contributed by atoms with Crippen LogP contribution in [-0.4, -0.2) is 27.2 Å². The topological polar surface area (TPSA) is 50.8 Å². The smallest absolute Gasteiger partial charge is 0.271 e. The van der Waals surface area contributed by atoms with Crippen molar-refractivity contribution in [2.75, 3.05) is 7.05 Å². The van der Waals surface area contributed by atoms with E-state index in [0.29, 0.717) is 28.5 Å². The lowest BCUT2D eigenvalue weighted by Crippen LogP contribution is -2.26. The summed E-state index contributed by atoms with van der Waals surface area (Å²) in [6.45, 7) is 2.25. The molecule has 0 unspecified atom stereocenters. The lowest BCUT2D eigenvalue weighted by molar-refractivity contribution is 0.0768. The third-order valence-corrected chi connectivity index (χ3v) is 4.92. The standard InChI is InChI=1S/C19H16FN3O2S/c1-12-6-7-15(25-12)9-22(2)18(24)17-11-26-19-21-16(10-23(17)19)13-4-3-5-14(20)8-13/h3-8,10-11H,9H2,1-2H3. The van der Waals surface area contributed by atoms with Gasteiger partial charge in [0.2, 0.25) is 0 Å². The number of nitrogens with zero attached hydrogens (tertiary/aromatic N) is 3. The summed E-state index contributed by atoms with van der Waals surface area (Å²) in [5.41, 5.74) is 1.83. The number of hydrogen-bond donors (Lipinski definition) is 0. The zero-order valence-corrected chi connectivity index (χ0v) is 15.1. The van der Waals surface area contributed by atoms with Gasteiger partial charge in [-0.05, 0) is 31.2 Å². The second-order valence-corrected chi connectivity index (χ2v) is 6.92. The Balaban J connectivity index is 1.63. The Kier molecular flexibility index (Phi) is 4.08. The lowest BCUT2D eigenvalue weighted by Gasteiger charge is -2.15. The largest absolute Gasteiger partial charge is 0.464 e. The number of aryl methyl sites for hydroxylation is 1. The van der Waals surface area contributed by atoms with E-state index < -0.39 is 0 Å². The van der Waals surface area contributed by atoms with E-state index in [-0.39, 0.29) is 11.7 Å². The lowest BCUT2D eigenvalue weighted by atomic mass is 10.2. The Labute approximate surface area is 153 Å². The Bertz CT molecular complexity index is 1100. The van der Waals surface area contributed by atoms with Crippen molar-refractivity contribution in [1.29, 1.82) is 0 Å². The highest BCUT2D eigenvalue weighted by atomic mass is 32.1. The molecule has 0 saturated heterocycles. The molecule has 1 aromatic carbocycles. The molecular weight excluding hydrogens is 353 g/mol. The van der Waals surface area contributed by atoms with Gasteiger partial charge in [0.1, 0.15) is 23.0 Å². The van der Waals surface area contributed by atoms with Crippen molar-refractivity contribution in [3.8, 4) is 11.3 Å². The van der Waals surface area contributed by atoms with Gasteiger partial charge in [-0.3, -0.25) is 9.20 Å². The SMILES string of the molecule is Cc1ccc(CN(C)C(=O)c2csc3nc(-c4cccc(F)c4)cn23)o1. The summed E-state index contributed by atoms with van der Waals surface area (Å²) in [6, 6.07) is 9.99. The van der Waals surface area contributed by atoms with Crippen molar-refractivity contribution in [3.05, 3.63) is 71.0 Å². The number of thiazole rings is 1. The molecule has 3 aromatic heterocycles. The van der Waals surface area contributed by atoms with Gasteiger partial charge in [-0.1, -0.05) is 12.1 Å². The van der Waals surface area contributed by atoms with Crippen LogP contribution < -0.4 is 0 Å². The van der Waals surface area contributed by atoms with E-state index in [2.05, 4.69) is 4.98 Å². The molecule has 0 aliphatic carbocycles. The van der Waals surface area contributed by atoms with Gasteiger partial charge in [-0.2, -0.15) is 0 Å². The van der Waals surface area contributed by atoms with E-state index in [0.717, 1.165) is 11.5 Å². The van der Waals surface area contributed by atoms with E-state index in [1.54, 1.807) is 40.1 Å². The molecule has 1 amide bonds. The third-order valence-electron chi connectivity index (χ3n) is 4.08. The molecule has 7 heteroatoms. The maximum absolute atomic E-state index is 13.5. The van der Waals surface area contributed by atoms with Crippen molar-refractivity contribution in [2.45, 2.75) is 13.5 Å². The van der Waals surface area contributed by atoms with Crippen LogP contribution in [0.3, 0.4) is 0 Å². The number of hydrogen-bond acceptors (Lipinski definition) is 4. The van der Waals surface area contributed by atoms with E-state index in [9.17, 15) is 9.18 Å². The Hall–Kier alpha value is -2.93. The molecule has 0 radical (unpaired) electrons. The number of carbonyl (C=O) groups excluding carboxylic acids is 1. The third kappa shape index (κ3) is 3.01. The Morgan fingerprint density at radius 1 is 1.35 bits per heavy atom. The first-order valence-electron chi connectivity index (χ1n) is 8.04. The molecule has 0 aliphatic heterocycles. The quantitative estimate of drug-likeness (QED) is 0.537. The zero-order chi connectivity index (χ0) is 18.3. The van der Waals surface area contributed by atoms with Crippen LogP contribution in [-0.2, 0) is 6.54 Å². The van der Waals surface area contributed by atoms with Gasteiger partial charge < -0.3 is 9.32 Å². The van der Waals surface area contributed by atoms with Crippen LogP contribution in [0.1, 0.15) is 22.0 Å². The summed E-state index contributed by atoms with van der Waals surface area (Å²) in [6.07, 6.45) is 1.76. The Morgan fingerprint density at radius 2 is 2.19 bits per heavy atom. The second kappa shape index (κ2) is 6.42. The number of amides is 1. The van der Waals surface area contributed by atoms with E-state index >= 15 is 0 Å². The maximum atomic E-state index is 13.5. The van der Waals surface area contributed by atoms with Gasteiger partial charge >= 0.3 is 0 Å². The highest BCUT2D eigenvalue weighted by Crippen LogP contribution is 2.25. The van der Waals surface area contributed by atoms with Crippen LogP contribution in [0.15, 0.2) is 52.4 Å². The van der Waals surface area contributed by atoms with Crippen molar-refractivity contribution < 1.29 is 13.6 Å². The minimum atomic E-state index is -0.316. The average molecular weight is 369 g/mol. The van der Waals surface area contributed by atoms with Crippen molar-refractivity contribution in [3.63, 3.8) is 0 Å². The van der Waals surface area contributed by atoms with Crippen LogP contribution in [0.4, 0.5) is 4.39 Å². The maximum Gasteiger partial charge on any atom is 0.271 e. The average Bonchev–Trinajstić information content (AvgIpc) is 3.29. The van der Waals surface area contributed by atoms with E-state index in [1.807, 2.05) is 19.1 Å². The van der Waals surface area contributed by atoms with Gasteiger partial charge in [0.15, 0.2) is 4.96 Å². The number of aromatic nitrogens is 2. The fraction of sp³-hybridized carbons (Fsp3) is 0.158.